The molecule has 3 unspecified atom stereocenters. The Hall–Kier alpha value is -2.00. The molecule has 3 heterocycles. The molecule has 8 nitrogen and oxygen atoms in total. The zero-order chi connectivity index (χ0) is 18.6. The molecule has 2 aliphatic rings. The average Bonchev–Trinajstić information content (AvgIpc) is 3.11. The summed E-state index contributed by atoms with van der Waals surface area (Å²) in [5, 5.41) is 8.68. The number of sulfonamides is 1. The van der Waals surface area contributed by atoms with Crippen molar-refractivity contribution in [2.45, 2.75) is 50.2 Å². The summed E-state index contributed by atoms with van der Waals surface area (Å²) < 4.78 is 29.3. The van der Waals surface area contributed by atoms with E-state index >= 15 is 0 Å². The molecule has 3 atom stereocenters. The fourth-order valence-electron chi connectivity index (χ4n) is 4.54. The van der Waals surface area contributed by atoms with Gasteiger partial charge in [0.25, 0.3) is 0 Å². The fraction of sp³-hybridized carbons (Fsp3) is 0.611. The molecule has 144 valence electrons. The Morgan fingerprint density at radius 3 is 2.93 bits per heavy atom. The Labute approximate surface area is 157 Å². The molecule has 3 aromatic heterocycles. The van der Waals surface area contributed by atoms with E-state index in [9.17, 15) is 8.42 Å². The van der Waals surface area contributed by atoms with Gasteiger partial charge in [0.05, 0.1) is 17.0 Å². The lowest BCUT2D eigenvalue weighted by Gasteiger charge is -2.16. The van der Waals surface area contributed by atoms with Crippen molar-refractivity contribution >= 4 is 26.8 Å². The lowest BCUT2D eigenvalue weighted by atomic mass is 9.93. The Bertz CT molecular complexity index is 1080. The van der Waals surface area contributed by atoms with Gasteiger partial charge in [-0.2, -0.15) is 0 Å². The standard InChI is InChI=1S/C18H24N6O2S/c1-2-12-7-11(9-21-27(25,26)13-3-4-13)8-14(12)18-23-22-16-10-20-17-15(24(16)18)5-6-19-17/h5-6,10-14,19,21H,2-4,7-9H2,1H3. The molecule has 9 heteroatoms. The number of fused-ring (bicyclic) bond motifs is 3. The molecule has 0 radical (unpaired) electrons. The van der Waals surface area contributed by atoms with Crippen LogP contribution in [0.15, 0.2) is 18.5 Å². The molecule has 0 bridgehead atoms. The first-order valence-electron chi connectivity index (χ1n) is 9.72. The smallest absolute Gasteiger partial charge is 0.214 e. The van der Waals surface area contributed by atoms with Gasteiger partial charge in [-0.25, -0.2) is 18.1 Å². The summed E-state index contributed by atoms with van der Waals surface area (Å²) in [5.74, 6) is 2.07. The molecule has 2 aliphatic carbocycles. The van der Waals surface area contributed by atoms with Gasteiger partial charge in [0.15, 0.2) is 11.3 Å². The van der Waals surface area contributed by atoms with E-state index in [0.29, 0.717) is 18.4 Å². The summed E-state index contributed by atoms with van der Waals surface area (Å²) in [5.41, 5.74) is 2.56. The molecule has 27 heavy (non-hydrogen) atoms. The number of hydrogen-bond donors (Lipinski definition) is 2. The topological polar surface area (TPSA) is 105 Å². The maximum Gasteiger partial charge on any atom is 0.214 e. The molecular weight excluding hydrogens is 364 g/mol. The Morgan fingerprint density at radius 2 is 2.15 bits per heavy atom. The molecule has 0 aliphatic heterocycles. The number of H-pyrrole nitrogens is 1. The van der Waals surface area contributed by atoms with Gasteiger partial charge in [-0.05, 0) is 43.6 Å². The minimum Gasteiger partial charge on any atom is -0.345 e. The summed E-state index contributed by atoms with van der Waals surface area (Å²) >= 11 is 0. The molecule has 0 aromatic carbocycles. The lowest BCUT2D eigenvalue weighted by Crippen LogP contribution is -2.31. The third-order valence-electron chi connectivity index (χ3n) is 6.15. The van der Waals surface area contributed by atoms with Gasteiger partial charge in [0, 0.05) is 18.7 Å². The predicted octanol–water partition coefficient (Wildman–Crippen LogP) is 2.21. The normalized spacial score (nSPS) is 26.3. The number of aromatic amines is 1. The van der Waals surface area contributed by atoms with Gasteiger partial charge in [-0.15, -0.1) is 10.2 Å². The second kappa shape index (κ2) is 6.27. The number of rotatable bonds is 6. The maximum atomic E-state index is 12.2. The lowest BCUT2D eigenvalue weighted by molar-refractivity contribution is 0.443. The van der Waals surface area contributed by atoms with Crippen LogP contribution in [0.2, 0.25) is 0 Å². The highest BCUT2D eigenvalue weighted by molar-refractivity contribution is 7.90. The molecule has 5 rings (SSSR count). The highest BCUT2D eigenvalue weighted by Gasteiger charge is 2.39. The highest BCUT2D eigenvalue weighted by atomic mass is 32.2. The third kappa shape index (κ3) is 2.93. The van der Waals surface area contributed by atoms with E-state index in [1.807, 2.05) is 12.3 Å². The van der Waals surface area contributed by atoms with Crippen molar-refractivity contribution in [1.82, 2.24) is 29.3 Å². The van der Waals surface area contributed by atoms with Crippen molar-refractivity contribution in [2.24, 2.45) is 11.8 Å². The van der Waals surface area contributed by atoms with Crippen molar-refractivity contribution in [3.05, 3.63) is 24.3 Å². The van der Waals surface area contributed by atoms with Crippen LogP contribution in [0.5, 0.6) is 0 Å². The van der Waals surface area contributed by atoms with Crippen LogP contribution in [0.4, 0.5) is 0 Å². The van der Waals surface area contributed by atoms with E-state index in [1.165, 1.54) is 0 Å². The van der Waals surface area contributed by atoms with Crippen LogP contribution in [0, 0.1) is 11.8 Å². The Balaban J connectivity index is 1.42. The van der Waals surface area contributed by atoms with E-state index in [-0.39, 0.29) is 11.2 Å². The minimum absolute atomic E-state index is 0.161. The summed E-state index contributed by atoms with van der Waals surface area (Å²) in [6.45, 7) is 2.73. The predicted molar refractivity (Wildman–Crippen MR) is 102 cm³/mol. The zero-order valence-electron chi connectivity index (χ0n) is 15.3. The molecule has 3 aromatic rings. The van der Waals surface area contributed by atoms with E-state index in [4.69, 9.17) is 0 Å². The van der Waals surface area contributed by atoms with Crippen molar-refractivity contribution < 1.29 is 8.42 Å². The van der Waals surface area contributed by atoms with E-state index in [1.54, 1.807) is 6.20 Å². The van der Waals surface area contributed by atoms with Crippen molar-refractivity contribution in [2.75, 3.05) is 6.54 Å². The minimum atomic E-state index is -3.12. The first-order valence-corrected chi connectivity index (χ1v) is 11.3. The first-order chi connectivity index (χ1) is 13.1. The Morgan fingerprint density at radius 1 is 1.30 bits per heavy atom. The largest absolute Gasteiger partial charge is 0.345 e. The monoisotopic (exact) mass is 388 g/mol. The number of nitrogens with one attached hydrogen (secondary N) is 2. The molecular formula is C18H24N6O2S. The molecule has 2 fully saturated rings. The van der Waals surface area contributed by atoms with Gasteiger partial charge >= 0.3 is 0 Å². The molecule has 0 spiro atoms. The average molecular weight is 388 g/mol. The number of nitrogens with zero attached hydrogens (tertiary/aromatic N) is 4. The quantitative estimate of drug-likeness (QED) is 0.673. The van der Waals surface area contributed by atoms with E-state index < -0.39 is 10.0 Å². The van der Waals surface area contributed by atoms with Crippen LogP contribution >= 0.6 is 0 Å². The maximum absolute atomic E-state index is 12.2. The van der Waals surface area contributed by atoms with Crippen molar-refractivity contribution in [3.8, 4) is 0 Å². The van der Waals surface area contributed by atoms with Crippen LogP contribution in [0.1, 0.15) is 50.8 Å². The summed E-state index contributed by atoms with van der Waals surface area (Å²) in [6, 6.07) is 2.00. The second-order valence-electron chi connectivity index (χ2n) is 7.93. The Kier molecular flexibility index (Phi) is 3.98. The number of hydrogen-bond acceptors (Lipinski definition) is 5. The van der Waals surface area contributed by atoms with Crippen LogP contribution in [-0.2, 0) is 10.0 Å². The van der Waals surface area contributed by atoms with Crippen LogP contribution in [0.25, 0.3) is 16.8 Å². The second-order valence-corrected chi connectivity index (χ2v) is 9.97. The van der Waals surface area contributed by atoms with Crippen LogP contribution in [-0.4, -0.2) is 44.8 Å². The van der Waals surface area contributed by atoms with Crippen molar-refractivity contribution in [3.63, 3.8) is 0 Å². The summed E-state index contributed by atoms with van der Waals surface area (Å²) in [6.07, 6.45) is 8.21. The molecule has 2 saturated carbocycles. The van der Waals surface area contributed by atoms with E-state index in [2.05, 4.69) is 36.2 Å². The zero-order valence-corrected chi connectivity index (χ0v) is 16.1. The SMILES string of the molecule is CCC1CC(CNS(=O)(=O)C2CC2)CC1c1nnc2cnc3[nH]ccc3n12. The number of aromatic nitrogens is 5. The van der Waals surface area contributed by atoms with E-state index in [0.717, 1.165) is 54.7 Å². The molecule has 2 N–H and O–H groups in total. The summed E-state index contributed by atoms with van der Waals surface area (Å²) in [7, 11) is -3.12. The van der Waals surface area contributed by atoms with Crippen molar-refractivity contribution in [1.29, 1.82) is 0 Å². The van der Waals surface area contributed by atoms with Gasteiger partial charge in [0.2, 0.25) is 10.0 Å². The van der Waals surface area contributed by atoms with Gasteiger partial charge in [0.1, 0.15) is 5.82 Å². The van der Waals surface area contributed by atoms with Crippen LogP contribution in [0.3, 0.4) is 0 Å². The van der Waals surface area contributed by atoms with Crippen LogP contribution < -0.4 is 4.72 Å². The highest BCUT2D eigenvalue weighted by Crippen LogP contribution is 2.44. The van der Waals surface area contributed by atoms with Gasteiger partial charge in [-0.1, -0.05) is 13.3 Å². The molecule has 0 amide bonds. The molecule has 0 saturated heterocycles. The van der Waals surface area contributed by atoms with Gasteiger partial charge in [-0.3, -0.25) is 4.40 Å². The fourth-order valence-corrected chi connectivity index (χ4v) is 6.00. The summed E-state index contributed by atoms with van der Waals surface area (Å²) in [4.78, 5) is 7.53. The first kappa shape index (κ1) is 17.1. The van der Waals surface area contributed by atoms with Gasteiger partial charge < -0.3 is 4.98 Å². The third-order valence-corrected chi connectivity index (χ3v) is 8.07.